The van der Waals surface area contributed by atoms with E-state index >= 15 is 0 Å². The van der Waals surface area contributed by atoms with Crippen LogP contribution in [0.4, 0.5) is 0 Å². The molecule has 0 aliphatic heterocycles. The van der Waals surface area contributed by atoms with Gasteiger partial charge in [0.05, 0.1) is 21.5 Å². The quantitative estimate of drug-likeness (QED) is 0.909. The van der Waals surface area contributed by atoms with Gasteiger partial charge in [0, 0.05) is 17.1 Å². The molecule has 1 aromatic carbocycles. The number of hydrogen-bond acceptors (Lipinski definition) is 2. The number of hydrogen-bond donors (Lipinski definition) is 1. The first-order valence-electron chi connectivity index (χ1n) is 6.26. The van der Waals surface area contributed by atoms with Gasteiger partial charge in [-0.05, 0) is 48.5 Å². The monoisotopic (exact) mass is 341 g/mol. The maximum Gasteiger partial charge on any atom is 0.0743 e. The van der Waals surface area contributed by atoms with E-state index in [9.17, 15) is 0 Å². The molecule has 1 aromatic heterocycles. The molecule has 1 N–H and O–H groups in total. The van der Waals surface area contributed by atoms with Gasteiger partial charge in [0.2, 0.25) is 0 Å². The fourth-order valence-electron chi connectivity index (χ4n) is 2.03. The Morgan fingerprint density at radius 2 is 2.11 bits per heavy atom. The predicted molar refractivity (Wildman–Crippen MR) is 83.1 cm³/mol. The lowest BCUT2D eigenvalue weighted by atomic mass is 10.1. The third-order valence-corrected chi connectivity index (χ3v) is 4.58. The molecule has 2 aromatic rings. The zero-order chi connectivity index (χ0) is 14.0. The van der Waals surface area contributed by atoms with E-state index in [1.54, 1.807) is 0 Å². The summed E-state index contributed by atoms with van der Waals surface area (Å²) in [7, 11) is 0. The van der Waals surface area contributed by atoms with Crippen molar-refractivity contribution in [3.05, 3.63) is 44.6 Å². The topological polar surface area (TPSA) is 29.9 Å². The standard InChI is InChI=1S/C14H17BrClN3/c1-4-17-8-11-12(16)6-5-7-13(11)19-10(3)14(15)9(2)18-19/h5-7,17H,4,8H2,1-3H3. The van der Waals surface area contributed by atoms with Gasteiger partial charge in [-0.25, -0.2) is 4.68 Å². The number of nitrogens with one attached hydrogen (secondary N) is 1. The molecule has 5 heteroatoms. The van der Waals surface area contributed by atoms with Gasteiger partial charge in [-0.15, -0.1) is 0 Å². The van der Waals surface area contributed by atoms with Crippen LogP contribution in [-0.2, 0) is 6.54 Å². The summed E-state index contributed by atoms with van der Waals surface area (Å²) in [4.78, 5) is 0. The van der Waals surface area contributed by atoms with E-state index in [4.69, 9.17) is 11.6 Å². The van der Waals surface area contributed by atoms with Crippen molar-refractivity contribution in [2.45, 2.75) is 27.3 Å². The third kappa shape index (κ3) is 2.86. The molecule has 0 atom stereocenters. The molecule has 0 fully saturated rings. The Hall–Kier alpha value is -0.840. The average molecular weight is 343 g/mol. The van der Waals surface area contributed by atoms with Gasteiger partial charge in [0.15, 0.2) is 0 Å². The van der Waals surface area contributed by atoms with Crippen molar-refractivity contribution in [2.75, 3.05) is 6.54 Å². The van der Waals surface area contributed by atoms with Crippen LogP contribution in [0.5, 0.6) is 0 Å². The molecule has 0 aliphatic carbocycles. The van der Waals surface area contributed by atoms with E-state index in [-0.39, 0.29) is 0 Å². The molecule has 2 rings (SSSR count). The largest absolute Gasteiger partial charge is 0.313 e. The molecule has 1 heterocycles. The lowest BCUT2D eigenvalue weighted by Gasteiger charge is -2.13. The highest BCUT2D eigenvalue weighted by Gasteiger charge is 2.14. The summed E-state index contributed by atoms with van der Waals surface area (Å²) < 4.78 is 2.99. The molecule has 19 heavy (non-hydrogen) atoms. The lowest BCUT2D eigenvalue weighted by molar-refractivity contribution is 0.714. The van der Waals surface area contributed by atoms with Crippen LogP contribution in [0.15, 0.2) is 22.7 Å². The van der Waals surface area contributed by atoms with Crippen LogP contribution < -0.4 is 5.32 Å². The SMILES string of the molecule is CCNCc1c(Cl)cccc1-n1nc(C)c(Br)c1C. The summed E-state index contributed by atoms with van der Waals surface area (Å²) in [5, 5.41) is 8.66. The molecule has 0 radical (unpaired) electrons. The number of aryl methyl sites for hydroxylation is 1. The van der Waals surface area contributed by atoms with E-state index in [0.717, 1.165) is 45.2 Å². The minimum absolute atomic E-state index is 0.738. The van der Waals surface area contributed by atoms with Crippen molar-refractivity contribution in [3.8, 4) is 5.69 Å². The van der Waals surface area contributed by atoms with Crippen molar-refractivity contribution in [1.82, 2.24) is 15.1 Å². The molecule has 0 saturated heterocycles. The van der Waals surface area contributed by atoms with E-state index < -0.39 is 0 Å². The number of aromatic nitrogens is 2. The average Bonchev–Trinajstić information content (AvgIpc) is 2.65. The maximum absolute atomic E-state index is 6.32. The summed E-state index contributed by atoms with van der Waals surface area (Å²) >= 11 is 9.88. The second-order valence-electron chi connectivity index (χ2n) is 4.41. The molecule has 0 amide bonds. The Morgan fingerprint density at radius 3 is 2.68 bits per heavy atom. The highest BCUT2D eigenvalue weighted by Crippen LogP contribution is 2.28. The predicted octanol–water partition coefficient (Wildman–Crippen LogP) is 4.01. The van der Waals surface area contributed by atoms with Gasteiger partial charge in [0.1, 0.15) is 0 Å². The molecule has 0 unspecified atom stereocenters. The summed E-state index contributed by atoms with van der Waals surface area (Å²) in [5.41, 5.74) is 4.16. The van der Waals surface area contributed by atoms with Gasteiger partial charge in [0.25, 0.3) is 0 Å². The Kier molecular flexibility index (Phi) is 4.66. The van der Waals surface area contributed by atoms with E-state index in [1.165, 1.54) is 0 Å². The Balaban J connectivity index is 2.55. The molecule has 0 saturated carbocycles. The van der Waals surface area contributed by atoms with Crippen LogP contribution in [0, 0.1) is 13.8 Å². The minimum atomic E-state index is 0.738. The normalized spacial score (nSPS) is 11.0. The smallest absolute Gasteiger partial charge is 0.0743 e. The fraction of sp³-hybridized carbons (Fsp3) is 0.357. The maximum atomic E-state index is 6.32. The van der Waals surface area contributed by atoms with Gasteiger partial charge in [-0.3, -0.25) is 0 Å². The van der Waals surface area contributed by atoms with Crippen molar-refractivity contribution < 1.29 is 0 Å². The van der Waals surface area contributed by atoms with Crippen LogP contribution in [-0.4, -0.2) is 16.3 Å². The minimum Gasteiger partial charge on any atom is -0.313 e. The zero-order valence-electron chi connectivity index (χ0n) is 11.3. The van der Waals surface area contributed by atoms with Crippen LogP contribution >= 0.6 is 27.5 Å². The first-order valence-corrected chi connectivity index (χ1v) is 7.43. The summed E-state index contributed by atoms with van der Waals surface area (Å²) in [6, 6.07) is 5.92. The molecule has 3 nitrogen and oxygen atoms in total. The Labute approximate surface area is 127 Å². The fourth-order valence-corrected chi connectivity index (χ4v) is 2.51. The van der Waals surface area contributed by atoms with E-state index in [1.807, 2.05) is 36.7 Å². The van der Waals surface area contributed by atoms with Gasteiger partial charge < -0.3 is 5.32 Å². The van der Waals surface area contributed by atoms with Gasteiger partial charge in [-0.1, -0.05) is 24.6 Å². The van der Waals surface area contributed by atoms with Crippen LogP contribution in [0.2, 0.25) is 5.02 Å². The van der Waals surface area contributed by atoms with Crippen molar-refractivity contribution in [2.24, 2.45) is 0 Å². The van der Waals surface area contributed by atoms with Gasteiger partial charge in [-0.2, -0.15) is 5.10 Å². The lowest BCUT2D eigenvalue weighted by Crippen LogP contribution is -2.15. The van der Waals surface area contributed by atoms with Crippen molar-refractivity contribution >= 4 is 27.5 Å². The number of rotatable bonds is 4. The Bertz CT molecular complexity index is 593. The second kappa shape index (κ2) is 6.07. The van der Waals surface area contributed by atoms with Crippen LogP contribution in [0.25, 0.3) is 5.69 Å². The summed E-state index contributed by atoms with van der Waals surface area (Å²) in [6.45, 7) is 7.76. The van der Waals surface area contributed by atoms with Gasteiger partial charge >= 0.3 is 0 Å². The van der Waals surface area contributed by atoms with E-state index in [0.29, 0.717) is 0 Å². The zero-order valence-corrected chi connectivity index (χ0v) is 13.6. The number of benzene rings is 1. The Morgan fingerprint density at radius 1 is 1.37 bits per heavy atom. The molecule has 0 aliphatic rings. The van der Waals surface area contributed by atoms with Crippen molar-refractivity contribution in [1.29, 1.82) is 0 Å². The van der Waals surface area contributed by atoms with Crippen LogP contribution in [0.3, 0.4) is 0 Å². The highest BCUT2D eigenvalue weighted by molar-refractivity contribution is 9.10. The number of nitrogens with zero attached hydrogens (tertiary/aromatic N) is 2. The first-order chi connectivity index (χ1) is 9.06. The van der Waals surface area contributed by atoms with E-state index in [2.05, 4.69) is 33.3 Å². The highest BCUT2D eigenvalue weighted by atomic mass is 79.9. The second-order valence-corrected chi connectivity index (χ2v) is 5.61. The third-order valence-electron chi connectivity index (χ3n) is 3.08. The molecule has 102 valence electrons. The molecule has 0 bridgehead atoms. The summed E-state index contributed by atoms with van der Waals surface area (Å²) in [6.07, 6.45) is 0. The van der Waals surface area contributed by atoms with Crippen molar-refractivity contribution in [3.63, 3.8) is 0 Å². The first kappa shape index (κ1) is 14.6. The summed E-state index contributed by atoms with van der Waals surface area (Å²) in [5.74, 6) is 0. The number of halogens is 2. The molecular formula is C14H17BrClN3. The molecular weight excluding hydrogens is 326 g/mol. The van der Waals surface area contributed by atoms with Crippen LogP contribution in [0.1, 0.15) is 23.9 Å². The molecule has 0 spiro atoms.